The van der Waals surface area contributed by atoms with Crippen molar-refractivity contribution in [2.75, 3.05) is 39.3 Å². The molecule has 0 atom stereocenters. The van der Waals surface area contributed by atoms with Crippen molar-refractivity contribution in [1.29, 1.82) is 0 Å². The van der Waals surface area contributed by atoms with E-state index in [2.05, 4.69) is 75.1 Å². The third-order valence-electron chi connectivity index (χ3n) is 3.33. The van der Waals surface area contributed by atoms with E-state index in [-0.39, 0.29) is 0 Å². The summed E-state index contributed by atoms with van der Waals surface area (Å²) in [6, 6.07) is 0. The SMILES string of the molecule is C[Si](C)(C)[N-]CCN(CC[N-][Si](C)(C)C)CC[N-][Si](C)(C)C.[CH2-]CC[CH]=[W]. The summed E-state index contributed by atoms with van der Waals surface area (Å²) in [5.41, 5.74) is 0. The predicted molar refractivity (Wildman–Crippen MR) is 132 cm³/mol. The molecule has 0 aromatic heterocycles. The summed E-state index contributed by atoms with van der Waals surface area (Å²) in [4.78, 5) is 17.1. The van der Waals surface area contributed by atoms with Gasteiger partial charge in [-0.15, -0.1) is 19.6 Å². The van der Waals surface area contributed by atoms with Crippen LogP contribution >= 0.6 is 0 Å². The molecule has 0 aliphatic rings. The van der Waals surface area contributed by atoms with Gasteiger partial charge >= 0.3 is 43.5 Å². The molecule has 4 nitrogen and oxygen atoms in total. The minimum atomic E-state index is -1.28. The van der Waals surface area contributed by atoms with Crippen LogP contribution in [-0.2, 0) is 19.4 Å². The molecular formula is C19H46N4Si3W-4. The summed E-state index contributed by atoms with van der Waals surface area (Å²) >= 11 is 1.56. The van der Waals surface area contributed by atoms with Gasteiger partial charge in [-0.05, 0) is 19.6 Å². The zero-order valence-electron chi connectivity index (χ0n) is 19.6. The van der Waals surface area contributed by atoms with Crippen LogP contribution in [0.2, 0.25) is 58.9 Å². The molecule has 0 heterocycles. The first-order valence-electron chi connectivity index (χ1n) is 10.2. The van der Waals surface area contributed by atoms with Crippen LogP contribution in [0.15, 0.2) is 0 Å². The van der Waals surface area contributed by atoms with E-state index in [9.17, 15) is 0 Å². The Balaban J connectivity index is 0. The van der Waals surface area contributed by atoms with E-state index in [1.807, 2.05) is 0 Å². The first-order valence-corrected chi connectivity index (χ1v) is 22.2. The summed E-state index contributed by atoms with van der Waals surface area (Å²) in [5.74, 6) is 0. The van der Waals surface area contributed by atoms with Gasteiger partial charge in [-0.2, -0.15) is 0 Å². The molecule has 0 fully saturated rings. The van der Waals surface area contributed by atoms with E-state index < -0.39 is 24.7 Å². The summed E-state index contributed by atoms with van der Waals surface area (Å²) in [7, 11) is -3.84. The number of unbranched alkanes of at least 4 members (excludes halogenated alkanes) is 1. The Morgan fingerprint density at radius 3 is 1.15 bits per heavy atom. The van der Waals surface area contributed by atoms with Gasteiger partial charge < -0.3 is 19.8 Å². The maximum absolute atomic E-state index is 4.86. The van der Waals surface area contributed by atoms with Gasteiger partial charge in [0.05, 0.1) is 0 Å². The van der Waals surface area contributed by atoms with Gasteiger partial charge in [0.25, 0.3) is 0 Å². The maximum atomic E-state index is 4.86. The molecule has 0 aliphatic heterocycles. The quantitative estimate of drug-likeness (QED) is 0.182. The second kappa shape index (κ2) is 15.8. The molecule has 0 amide bonds. The van der Waals surface area contributed by atoms with Gasteiger partial charge in [-0.1, -0.05) is 83.6 Å². The summed E-state index contributed by atoms with van der Waals surface area (Å²) in [5, 5.41) is 0. The predicted octanol–water partition coefficient (Wildman–Crippen LogP) is 5.86. The Morgan fingerprint density at radius 2 is 1.00 bits per heavy atom. The molecule has 0 radical (unpaired) electrons. The van der Waals surface area contributed by atoms with E-state index >= 15 is 0 Å². The average molecular weight is 599 g/mol. The molecule has 0 unspecified atom stereocenters. The molecule has 27 heavy (non-hydrogen) atoms. The second-order valence-electron chi connectivity index (χ2n) is 9.81. The molecule has 0 rings (SSSR count). The van der Waals surface area contributed by atoms with Crippen LogP contribution in [-0.4, -0.2) is 73.3 Å². The zero-order valence-corrected chi connectivity index (χ0v) is 25.6. The van der Waals surface area contributed by atoms with Gasteiger partial charge in [-0.3, -0.25) is 0 Å². The van der Waals surface area contributed by atoms with Crippen molar-refractivity contribution in [3.8, 4) is 0 Å². The first-order chi connectivity index (χ1) is 12.2. The average Bonchev–Trinajstić information content (AvgIpc) is 2.44. The number of rotatable bonds is 14. The van der Waals surface area contributed by atoms with Crippen molar-refractivity contribution < 1.29 is 19.4 Å². The Labute approximate surface area is 185 Å². The Morgan fingerprint density at radius 1 is 0.704 bits per heavy atom. The molecule has 8 heteroatoms. The van der Waals surface area contributed by atoms with Gasteiger partial charge in [0.1, 0.15) is 0 Å². The van der Waals surface area contributed by atoms with Crippen LogP contribution in [0.1, 0.15) is 12.8 Å². The van der Waals surface area contributed by atoms with E-state index in [4.69, 9.17) is 14.9 Å². The van der Waals surface area contributed by atoms with E-state index in [0.29, 0.717) is 0 Å². The summed E-state index contributed by atoms with van der Waals surface area (Å²) < 4.78 is 2.20. The van der Waals surface area contributed by atoms with Gasteiger partial charge in [-0.25, -0.2) is 0 Å². The minimum absolute atomic E-state index is 0.968. The molecule has 0 saturated carbocycles. The standard InChI is InChI=1S/C15H39N4Si3.C4H7.W/c1-20(2,3)16-10-13-19(14-11-17-21(4,5)6)15-12-18-22(7,8)9;1-3-4-2;/h10-15H2,1-9H3;1H,2-4H2;/q-3;-1;. The van der Waals surface area contributed by atoms with Crippen molar-refractivity contribution in [3.05, 3.63) is 21.9 Å². The molecule has 0 aromatic rings. The summed E-state index contributed by atoms with van der Waals surface area (Å²) in [6.45, 7) is 30.5. The first kappa shape index (κ1) is 30.2. The zero-order chi connectivity index (χ0) is 21.6. The fraction of sp³-hybridized carbons (Fsp3) is 0.895. The third-order valence-corrected chi connectivity index (χ3v) is 7.69. The molecular weight excluding hydrogens is 552 g/mol. The van der Waals surface area contributed by atoms with Crippen LogP contribution in [0, 0.1) is 6.92 Å². The van der Waals surface area contributed by atoms with Gasteiger partial charge in [0, 0.05) is 0 Å². The van der Waals surface area contributed by atoms with Crippen LogP contribution < -0.4 is 0 Å². The van der Waals surface area contributed by atoms with Crippen molar-refractivity contribution in [1.82, 2.24) is 4.90 Å². The molecule has 0 saturated heterocycles. The molecule has 0 spiro atoms. The van der Waals surface area contributed by atoms with Crippen molar-refractivity contribution in [2.45, 2.75) is 71.8 Å². The Bertz CT molecular complexity index is 316. The van der Waals surface area contributed by atoms with Gasteiger partial charge in [0.2, 0.25) is 0 Å². The number of hydrogen-bond donors (Lipinski definition) is 0. The fourth-order valence-electron chi connectivity index (χ4n) is 2.00. The topological polar surface area (TPSA) is 45.5 Å². The van der Waals surface area contributed by atoms with Gasteiger partial charge in [0.15, 0.2) is 0 Å². The van der Waals surface area contributed by atoms with E-state index in [1.165, 1.54) is 6.42 Å². The molecule has 0 bridgehead atoms. The molecule has 0 aliphatic carbocycles. The Hall–Kier alpha value is 1.05. The normalized spacial score (nSPS) is 12.7. The van der Waals surface area contributed by atoms with Crippen LogP contribution in [0.3, 0.4) is 0 Å². The molecule has 0 aromatic carbocycles. The number of hydrogen-bond acceptors (Lipinski definition) is 1. The van der Waals surface area contributed by atoms with Crippen LogP contribution in [0.5, 0.6) is 0 Å². The number of nitrogens with zero attached hydrogens (tertiary/aromatic N) is 4. The van der Waals surface area contributed by atoms with Crippen molar-refractivity contribution >= 4 is 29.1 Å². The second-order valence-corrected chi connectivity index (χ2v) is 25.0. The monoisotopic (exact) mass is 598 g/mol. The van der Waals surface area contributed by atoms with E-state index in [0.717, 1.165) is 45.7 Å². The fourth-order valence-corrected chi connectivity index (χ4v) is 4.91. The van der Waals surface area contributed by atoms with Crippen LogP contribution in [0.4, 0.5) is 0 Å². The van der Waals surface area contributed by atoms with Crippen molar-refractivity contribution in [2.24, 2.45) is 0 Å². The summed E-state index contributed by atoms with van der Waals surface area (Å²) in [6.07, 6.45) is 2.25. The van der Waals surface area contributed by atoms with Crippen LogP contribution in [0.25, 0.3) is 14.9 Å². The van der Waals surface area contributed by atoms with Crippen molar-refractivity contribution in [3.63, 3.8) is 0 Å². The molecule has 164 valence electrons. The third kappa shape index (κ3) is 29.3. The van der Waals surface area contributed by atoms with E-state index in [1.54, 1.807) is 19.4 Å². The molecule has 0 N–H and O–H groups in total. The Kier molecular flexibility index (Phi) is 17.7.